The molecule has 7 nitrogen and oxygen atoms in total. The minimum absolute atomic E-state index is 0.144. The summed E-state index contributed by atoms with van der Waals surface area (Å²) in [6.07, 6.45) is 7.89. The molecule has 2 rings (SSSR count). The van der Waals surface area contributed by atoms with Crippen molar-refractivity contribution in [3.05, 3.63) is 39.9 Å². The molecule has 0 atom stereocenters. The first-order valence-electron chi connectivity index (χ1n) is 9.75. The highest BCUT2D eigenvalue weighted by Gasteiger charge is 2.36. The van der Waals surface area contributed by atoms with Crippen LogP contribution in [0.25, 0.3) is 0 Å². The van der Waals surface area contributed by atoms with Crippen molar-refractivity contribution in [3.63, 3.8) is 0 Å². The molecule has 1 aromatic rings. The zero-order chi connectivity index (χ0) is 19.5. The van der Waals surface area contributed by atoms with E-state index in [1.165, 1.54) is 19.3 Å². The van der Waals surface area contributed by atoms with Crippen molar-refractivity contribution in [1.82, 2.24) is 10.6 Å². The van der Waals surface area contributed by atoms with Gasteiger partial charge in [-0.1, -0.05) is 18.6 Å². The van der Waals surface area contributed by atoms with Crippen LogP contribution in [0, 0.1) is 15.5 Å². The van der Waals surface area contributed by atoms with Crippen molar-refractivity contribution in [2.24, 2.45) is 10.4 Å². The van der Waals surface area contributed by atoms with Crippen molar-refractivity contribution in [3.8, 4) is 0 Å². The molecular formula is C20H32N4O3. The molecule has 0 heterocycles. The van der Waals surface area contributed by atoms with E-state index in [0.717, 1.165) is 56.9 Å². The standard InChI is InChI=1S/C20H32N4O3/c1-21-19(23-16-20(11-5-12-20)13-15-27-2)22-14-4-3-6-17-7-9-18(10-8-17)24(25)26/h7-10H,3-6,11-16H2,1-2H3,(H2,21,22,23). The van der Waals surface area contributed by atoms with Gasteiger partial charge in [-0.05, 0) is 49.5 Å². The number of unbranched alkanes of at least 4 members (excludes halogenated alkanes) is 1. The van der Waals surface area contributed by atoms with Gasteiger partial charge in [-0.3, -0.25) is 15.1 Å². The van der Waals surface area contributed by atoms with E-state index in [1.54, 1.807) is 26.3 Å². The van der Waals surface area contributed by atoms with Gasteiger partial charge in [-0.15, -0.1) is 0 Å². The molecule has 1 aliphatic rings. The summed E-state index contributed by atoms with van der Waals surface area (Å²) < 4.78 is 5.25. The number of rotatable bonds is 11. The number of nitro benzene ring substituents is 1. The van der Waals surface area contributed by atoms with E-state index in [-0.39, 0.29) is 10.6 Å². The maximum Gasteiger partial charge on any atom is 0.269 e. The third kappa shape index (κ3) is 6.82. The second-order valence-corrected chi connectivity index (χ2v) is 7.33. The fourth-order valence-corrected chi connectivity index (χ4v) is 3.45. The lowest BCUT2D eigenvalue weighted by Gasteiger charge is -2.42. The number of aliphatic imine (C=N–C) groups is 1. The first-order chi connectivity index (χ1) is 13.1. The van der Waals surface area contributed by atoms with E-state index in [2.05, 4.69) is 15.6 Å². The topological polar surface area (TPSA) is 88.8 Å². The predicted molar refractivity (Wildman–Crippen MR) is 108 cm³/mol. The minimum Gasteiger partial charge on any atom is -0.385 e. The lowest BCUT2D eigenvalue weighted by atomic mass is 9.67. The molecule has 2 N–H and O–H groups in total. The molecular weight excluding hydrogens is 344 g/mol. The van der Waals surface area contributed by atoms with Crippen LogP contribution in [0.1, 0.15) is 44.1 Å². The molecule has 0 spiro atoms. The van der Waals surface area contributed by atoms with Gasteiger partial charge in [0.2, 0.25) is 0 Å². The van der Waals surface area contributed by atoms with Crippen LogP contribution in [0.15, 0.2) is 29.3 Å². The van der Waals surface area contributed by atoms with Crippen molar-refractivity contribution >= 4 is 11.6 Å². The van der Waals surface area contributed by atoms with Gasteiger partial charge in [0, 0.05) is 46.0 Å². The molecule has 0 bridgehead atoms. The third-order valence-corrected chi connectivity index (χ3v) is 5.44. The molecule has 150 valence electrons. The minimum atomic E-state index is -0.366. The van der Waals surface area contributed by atoms with Crippen molar-refractivity contribution in [1.29, 1.82) is 0 Å². The molecule has 0 aliphatic heterocycles. The highest BCUT2D eigenvalue weighted by molar-refractivity contribution is 5.79. The Balaban J connectivity index is 1.62. The smallest absolute Gasteiger partial charge is 0.269 e. The lowest BCUT2D eigenvalue weighted by molar-refractivity contribution is -0.384. The second kappa shape index (κ2) is 10.9. The van der Waals surface area contributed by atoms with E-state index < -0.39 is 0 Å². The number of benzene rings is 1. The molecule has 0 amide bonds. The summed E-state index contributed by atoms with van der Waals surface area (Å²) in [4.78, 5) is 14.6. The number of non-ortho nitro benzene ring substituents is 1. The van der Waals surface area contributed by atoms with Crippen molar-refractivity contribution in [2.45, 2.75) is 44.9 Å². The maximum atomic E-state index is 10.7. The van der Waals surface area contributed by atoms with Crippen LogP contribution in [0.2, 0.25) is 0 Å². The number of nitrogens with zero attached hydrogens (tertiary/aromatic N) is 2. The average Bonchev–Trinajstić information content (AvgIpc) is 2.65. The van der Waals surface area contributed by atoms with Crippen LogP contribution in [0.5, 0.6) is 0 Å². The number of ether oxygens (including phenoxy) is 1. The second-order valence-electron chi connectivity index (χ2n) is 7.33. The number of hydrogen-bond acceptors (Lipinski definition) is 4. The number of nitrogens with one attached hydrogen (secondary N) is 2. The average molecular weight is 377 g/mol. The molecule has 1 saturated carbocycles. The van der Waals surface area contributed by atoms with E-state index in [0.29, 0.717) is 5.41 Å². The molecule has 1 aliphatic carbocycles. The van der Waals surface area contributed by atoms with Gasteiger partial charge >= 0.3 is 0 Å². The monoisotopic (exact) mass is 376 g/mol. The highest BCUT2D eigenvalue weighted by atomic mass is 16.6. The van der Waals surface area contributed by atoms with Gasteiger partial charge < -0.3 is 15.4 Å². The molecule has 1 aromatic carbocycles. The van der Waals surface area contributed by atoms with Gasteiger partial charge in [-0.2, -0.15) is 0 Å². The van der Waals surface area contributed by atoms with E-state index in [1.807, 2.05) is 12.1 Å². The zero-order valence-electron chi connectivity index (χ0n) is 16.5. The van der Waals surface area contributed by atoms with Crippen LogP contribution < -0.4 is 10.6 Å². The Labute approximate surface area is 161 Å². The van der Waals surface area contributed by atoms with Crippen molar-refractivity contribution < 1.29 is 9.66 Å². The maximum absolute atomic E-state index is 10.7. The Bertz CT molecular complexity index is 612. The SMILES string of the molecule is CN=C(NCCCCc1ccc([N+](=O)[O-])cc1)NCC1(CCOC)CCC1. The summed E-state index contributed by atoms with van der Waals surface area (Å²) in [5.41, 5.74) is 1.64. The van der Waals surface area contributed by atoms with E-state index in [4.69, 9.17) is 4.74 Å². The zero-order valence-corrected chi connectivity index (χ0v) is 16.5. The third-order valence-electron chi connectivity index (χ3n) is 5.44. The van der Waals surface area contributed by atoms with Crippen LogP contribution in [-0.4, -0.2) is 44.7 Å². The van der Waals surface area contributed by atoms with Gasteiger partial charge in [0.25, 0.3) is 5.69 Å². The van der Waals surface area contributed by atoms with E-state index >= 15 is 0 Å². The molecule has 0 saturated heterocycles. The molecule has 0 aromatic heterocycles. The first kappa shape index (κ1) is 21.2. The van der Waals surface area contributed by atoms with Crippen molar-refractivity contribution in [2.75, 3.05) is 33.9 Å². The quantitative estimate of drug-likeness (QED) is 0.203. The Kier molecular flexibility index (Phi) is 8.51. The lowest BCUT2D eigenvalue weighted by Crippen LogP contribution is -2.47. The molecule has 0 unspecified atom stereocenters. The summed E-state index contributed by atoms with van der Waals surface area (Å²) in [6.45, 7) is 2.62. The Morgan fingerprint density at radius 3 is 2.56 bits per heavy atom. The molecule has 27 heavy (non-hydrogen) atoms. The van der Waals surface area contributed by atoms with Crippen LogP contribution in [0.4, 0.5) is 5.69 Å². The summed E-state index contributed by atoms with van der Waals surface area (Å²) in [5, 5.41) is 17.5. The Morgan fingerprint density at radius 2 is 2.00 bits per heavy atom. The van der Waals surface area contributed by atoms with Gasteiger partial charge in [0.15, 0.2) is 5.96 Å². The van der Waals surface area contributed by atoms with Crippen LogP contribution >= 0.6 is 0 Å². The number of nitro groups is 1. The highest BCUT2D eigenvalue weighted by Crippen LogP contribution is 2.43. The molecule has 7 heteroatoms. The Hall–Kier alpha value is -2.15. The fraction of sp³-hybridized carbons (Fsp3) is 0.650. The first-order valence-corrected chi connectivity index (χ1v) is 9.75. The molecule has 1 fully saturated rings. The largest absolute Gasteiger partial charge is 0.385 e. The van der Waals surface area contributed by atoms with Crippen LogP contribution in [0.3, 0.4) is 0 Å². The van der Waals surface area contributed by atoms with Gasteiger partial charge in [0.1, 0.15) is 0 Å². The normalized spacial score (nSPS) is 15.9. The van der Waals surface area contributed by atoms with Gasteiger partial charge in [-0.25, -0.2) is 0 Å². The summed E-state index contributed by atoms with van der Waals surface area (Å²) in [5.74, 6) is 0.856. The van der Waals surface area contributed by atoms with Gasteiger partial charge in [0.05, 0.1) is 4.92 Å². The predicted octanol–water partition coefficient (Wildman–Crippen LogP) is 3.29. The summed E-state index contributed by atoms with van der Waals surface area (Å²) >= 11 is 0. The van der Waals surface area contributed by atoms with Crippen LogP contribution in [-0.2, 0) is 11.2 Å². The fourth-order valence-electron chi connectivity index (χ4n) is 3.45. The summed E-state index contributed by atoms with van der Waals surface area (Å²) in [6, 6.07) is 6.81. The van der Waals surface area contributed by atoms with E-state index in [9.17, 15) is 10.1 Å². The summed E-state index contributed by atoms with van der Waals surface area (Å²) in [7, 11) is 3.56. The number of hydrogen-bond donors (Lipinski definition) is 2. The number of methoxy groups -OCH3 is 1. The number of aryl methyl sites for hydroxylation is 1. The number of guanidine groups is 1. The Morgan fingerprint density at radius 1 is 1.26 bits per heavy atom. The molecule has 0 radical (unpaired) electrons.